The van der Waals surface area contributed by atoms with E-state index in [1.807, 2.05) is 38.2 Å². The molecule has 1 aromatic carbocycles. The third-order valence-electron chi connectivity index (χ3n) is 3.03. The first-order valence-electron chi connectivity index (χ1n) is 6.02. The Hall–Kier alpha value is -1.87. The zero-order chi connectivity index (χ0) is 13.0. The lowest BCUT2D eigenvalue weighted by Gasteiger charge is -2.19. The molecule has 0 atom stereocenters. The van der Waals surface area contributed by atoms with E-state index in [9.17, 15) is 0 Å². The highest BCUT2D eigenvalue weighted by molar-refractivity contribution is 5.43. The van der Waals surface area contributed by atoms with Gasteiger partial charge in [0.1, 0.15) is 5.82 Å². The summed E-state index contributed by atoms with van der Waals surface area (Å²) in [6.07, 6.45) is 1.74. The molecule has 94 valence electrons. The molecule has 0 saturated carbocycles. The van der Waals surface area contributed by atoms with Crippen LogP contribution in [0.15, 0.2) is 42.6 Å². The van der Waals surface area contributed by atoms with E-state index < -0.39 is 0 Å². The Morgan fingerprint density at radius 2 is 1.94 bits per heavy atom. The second-order valence-corrected chi connectivity index (χ2v) is 4.47. The molecular formula is C15H18N2O. The third kappa shape index (κ3) is 2.87. The first-order chi connectivity index (χ1) is 8.70. The number of pyridine rings is 1. The lowest BCUT2D eigenvalue weighted by molar-refractivity contribution is 0.280. The van der Waals surface area contributed by atoms with Crippen LogP contribution in [0.25, 0.3) is 0 Å². The summed E-state index contributed by atoms with van der Waals surface area (Å²) in [6.45, 7) is 2.86. The van der Waals surface area contributed by atoms with Crippen molar-refractivity contribution in [2.24, 2.45) is 0 Å². The minimum absolute atomic E-state index is 0.0432. The summed E-state index contributed by atoms with van der Waals surface area (Å²) >= 11 is 0. The second-order valence-electron chi connectivity index (χ2n) is 4.47. The minimum atomic E-state index is 0.0432. The van der Waals surface area contributed by atoms with E-state index >= 15 is 0 Å². The lowest BCUT2D eigenvalue weighted by atomic mass is 10.1. The topological polar surface area (TPSA) is 36.4 Å². The van der Waals surface area contributed by atoms with Crippen LogP contribution in [0.1, 0.15) is 16.7 Å². The van der Waals surface area contributed by atoms with Crippen LogP contribution in [0.3, 0.4) is 0 Å². The van der Waals surface area contributed by atoms with Crippen LogP contribution in [-0.2, 0) is 13.2 Å². The summed E-state index contributed by atoms with van der Waals surface area (Å²) in [5.41, 5.74) is 3.21. The van der Waals surface area contributed by atoms with Gasteiger partial charge in [-0.1, -0.05) is 30.3 Å². The molecule has 0 fully saturated rings. The van der Waals surface area contributed by atoms with Gasteiger partial charge in [-0.05, 0) is 29.7 Å². The Labute approximate surface area is 108 Å². The van der Waals surface area contributed by atoms with Gasteiger partial charge in [0.25, 0.3) is 0 Å². The molecule has 0 aliphatic heterocycles. The maximum Gasteiger partial charge on any atom is 0.128 e. The molecule has 0 radical (unpaired) electrons. The van der Waals surface area contributed by atoms with E-state index in [1.165, 1.54) is 5.56 Å². The number of hydrogen-bond acceptors (Lipinski definition) is 3. The summed E-state index contributed by atoms with van der Waals surface area (Å²) < 4.78 is 0. The van der Waals surface area contributed by atoms with E-state index in [1.54, 1.807) is 6.20 Å². The van der Waals surface area contributed by atoms with Crippen LogP contribution < -0.4 is 4.90 Å². The van der Waals surface area contributed by atoms with Crippen molar-refractivity contribution in [1.29, 1.82) is 0 Å². The van der Waals surface area contributed by atoms with E-state index in [2.05, 4.69) is 22.0 Å². The highest BCUT2D eigenvalue weighted by Gasteiger charge is 2.05. The zero-order valence-electron chi connectivity index (χ0n) is 10.8. The van der Waals surface area contributed by atoms with Gasteiger partial charge in [0.15, 0.2) is 0 Å². The van der Waals surface area contributed by atoms with Crippen molar-refractivity contribution >= 4 is 5.82 Å². The molecule has 2 aromatic rings. The Balaban J connectivity index is 2.14. The predicted octanol–water partition coefficient (Wildman–Crippen LogP) is 2.52. The quantitative estimate of drug-likeness (QED) is 0.895. The number of aliphatic hydroxyl groups excluding tert-OH is 1. The van der Waals surface area contributed by atoms with E-state index in [0.717, 1.165) is 23.5 Å². The Bertz CT molecular complexity index is 511. The summed E-state index contributed by atoms with van der Waals surface area (Å²) in [4.78, 5) is 6.47. The number of hydrogen-bond donors (Lipinski definition) is 1. The van der Waals surface area contributed by atoms with Crippen LogP contribution in [0.5, 0.6) is 0 Å². The van der Waals surface area contributed by atoms with Crippen molar-refractivity contribution in [1.82, 2.24) is 4.98 Å². The van der Waals surface area contributed by atoms with Crippen LogP contribution >= 0.6 is 0 Å². The Kier molecular flexibility index (Phi) is 3.95. The summed E-state index contributed by atoms with van der Waals surface area (Å²) in [5.74, 6) is 0.925. The van der Waals surface area contributed by atoms with Gasteiger partial charge in [0.05, 0.1) is 6.61 Å². The van der Waals surface area contributed by atoms with Gasteiger partial charge in [0.2, 0.25) is 0 Å². The molecule has 18 heavy (non-hydrogen) atoms. The molecule has 0 spiro atoms. The molecule has 1 heterocycles. The molecule has 0 saturated heterocycles. The molecule has 2 rings (SSSR count). The predicted molar refractivity (Wildman–Crippen MR) is 73.4 cm³/mol. The maximum atomic E-state index is 9.13. The SMILES string of the molecule is Cc1cc(N(C)Cc2ccccc2)ncc1CO. The van der Waals surface area contributed by atoms with Crippen LogP contribution in [0.2, 0.25) is 0 Å². The van der Waals surface area contributed by atoms with Crippen LogP contribution in [0, 0.1) is 6.92 Å². The number of rotatable bonds is 4. The molecule has 3 nitrogen and oxygen atoms in total. The molecule has 0 aliphatic carbocycles. The van der Waals surface area contributed by atoms with Crippen molar-refractivity contribution in [3.63, 3.8) is 0 Å². The van der Waals surface area contributed by atoms with Gasteiger partial charge in [-0.3, -0.25) is 0 Å². The number of aliphatic hydroxyl groups is 1. The molecular weight excluding hydrogens is 224 g/mol. The molecule has 3 heteroatoms. The van der Waals surface area contributed by atoms with Gasteiger partial charge in [-0.15, -0.1) is 0 Å². The standard InChI is InChI=1S/C15H18N2O/c1-12-8-15(16-9-14(12)11-18)17(2)10-13-6-4-3-5-7-13/h3-9,18H,10-11H2,1-2H3. The normalized spacial score (nSPS) is 10.4. The zero-order valence-corrected chi connectivity index (χ0v) is 10.8. The first kappa shape index (κ1) is 12.6. The number of aromatic nitrogens is 1. The van der Waals surface area contributed by atoms with Crippen molar-refractivity contribution in [2.45, 2.75) is 20.1 Å². The van der Waals surface area contributed by atoms with Gasteiger partial charge < -0.3 is 10.0 Å². The molecule has 0 aliphatic rings. The third-order valence-corrected chi connectivity index (χ3v) is 3.03. The monoisotopic (exact) mass is 242 g/mol. The number of aryl methyl sites for hydroxylation is 1. The summed E-state index contributed by atoms with van der Waals surface area (Å²) in [7, 11) is 2.02. The average molecular weight is 242 g/mol. The number of anilines is 1. The maximum absolute atomic E-state index is 9.13. The average Bonchev–Trinajstić information content (AvgIpc) is 2.39. The van der Waals surface area contributed by atoms with Crippen LogP contribution in [0.4, 0.5) is 5.82 Å². The molecule has 1 N–H and O–H groups in total. The number of nitrogens with zero attached hydrogens (tertiary/aromatic N) is 2. The smallest absolute Gasteiger partial charge is 0.128 e. The summed E-state index contributed by atoms with van der Waals surface area (Å²) in [5, 5.41) is 9.13. The van der Waals surface area contributed by atoms with Crippen molar-refractivity contribution in [2.75, 3.05) is 11.9 Å². The van der Waals surface area contributed by atoms with E-state index in [4.69, 9.17) is 5.11 Å². The van der Waals surface area contributed by atoms with E-state index in [-0.39, 0.29) is 6.61 Å². The highest BCUT2D eigenvalue weighted by Crippen LogP contribution is 2.16. The molecule has 1 aromatic heterocycles. The number of benzene rings is 1. The van der Waals surface area contributed by atoms with Gasteiger partial charge >= 0.3 is 0 Å². The fraction of sp³-hybridized carbons (Fsp3) is 0.267. The fourth-order valence-corrected chi connectivity index (χ4v) is 1.88. The van der Waals surface area contributed by atoms with Crippen molar-refractivity contribution in [3.8, 4) is 0 Å². The minimum Gasteiger partial charge on any atom is -0.392 e. The van der Waals surface area contributed by atoms with Gasteiger partial charge in [-0.25, -0.2) is 4.98 Å². The summed E-state index contributed by atoms with van der Waals surface area (Å²) in [6, 6.07) is 12.3. The highest BCUT2D eigenvalue weighted by atomic mass is 16.3. The van der Waals surface area contributed by atoms with Crippen molar-refractivity contribution < 1.29 is 5.11 Å². The lowest BCUT2D eigenvalue weighted by Crippen LogP contribution is -2.17. The fourth-order valence-electron chi connectivity index (χ4n) is 1.88. The van der Waals surface area contributed by atoms with E-state index in [0.29, 0.717) is 0 Å². The van der Waals surface area contributed by atoms with Crippen LogP contribution in [-0.4, -0.2) is 17.1 Å². The second kappa shape index (κ2) is 5.65. The largest absolute Gasteiger partial charge is 0.392 e. The Morgan fingerprint density at radius 1 is 1.22 bits per heavy atom. The van der Waals surface area contributed by atoms with Gasteiger partial charge in [-0.2, -0.15) is 0 Å². The molecule has 0 bridgehead atoms. The van der Waals surface area contributed by atoms with Gasteiger partial charge in [0, 0.05) is 19.8 Å². The van der Waals surface area contributed by atoms with Crippen molar-refractivity contribution in [3.05, 3.63) is 59.3 Å². The Morgan fingerprint density at radius 3 is 2.56 bits per heavy atom. The molecule has 0 unspecified atom stereocenters. The first-order valence-corrected chi connectivity index (χ1v) is 6.02. The molecule has 0 amide bonds.